The summed E-state index contributed by atoms with van der Waals surface area (Å²) in [5, 5.41) is 0. The summed E-state index contributed by atoms with van der Waals surface area (Å²) in [5.74, 6) is 0.561. The third-order valence-corrected chi connectivity index (χ3v) is 2.63. The molecule has 3 nitrogen and oxygen atoms in total. The summed E-state index contributed by atoms with van der Waals surface area (Å²) < 4.78 is 5.01. The van der Waals surface area contributed by atoms with Crippen LogP contribution in [0.3, 0.4) is 0 Å². The van der Waals surface area contributed by atoms with Crippen molar-refractivity contribution < 1.29 is 4.74 Å². The van der Waals surface area contributed by atoms with Crippen LogP contribution in [0.1, 0.15) is 25.3 Å². The zero-order valence-corrected chi connectivity index (χ0v) is 9.82. The van der Waals surface area contributed by atoms with Crippen molar-refractivity contribution in [3.63, 3.8) is 0 Å². The third kappa shape index (κ3) is 2.08. The van der Waals surface area contributed by atoms with Gasteiger partial charge in [-0.3, -0.25) is 0 Å². The van der Waals surface area contributed by atoms with Gasteiger partial charge in [0.05, 0.1) is 19.0 Å². The Morgan fingerprint density at radius 2 is 1.88 bits per heavy atom. The highest BCUT2D eigenvalue weighted by atomic mass is 16.5. The van der Waals surface area contributed by atoms with E-state index in [-0.39, 0.29) is 0 Å². The molecule has 0 radical (unpaired) electrons. The number of rotatable bonds is 3. The molecule has 1 heterocycles. The molecule has 0 saturated heterocycles. The monoisotopic (exact) mass is 216 g/mol. The molecule has 0 fully saturated rings. The van der Waals surface area contributed by atoms with Gasteiger partial charge in [0.25, 0.3) is 6.01 Å². The molecule has 0 aliphatic carbocycles. The Labute approximate surface area is 95.5 Å². The Morgan fingerprint density at radius 1 is 1.19 bits per heavy atom. The van der Waals surface area contributed by atoms with Crippen LogP contribution in [0.5, 0.6) is 6.01 Å². The molecule has 16 heavy (non-hydrogen) atoms. The molecule has 0 atom stereocenters. The zero-order chi connectivity index (χ0) is 11.5. The molecule has 0 bridgehead atoms. The van der Waals surface area contributed by atoms with Crippen LogP contribution in [0.15, 0.2) is 30.5 Å². The maximum Gasteiger partial charge on any atom is 0.293 e. The third-order valence-electron chi connectivity index (χ3n) is 2.63. The predicted octanol–water partition coefficient (Wildman–Crippen LogP) is 3.21. The zero-order valence-electron chi connectivity index (χ0n) is 9.82. The average molecular weight is 216 g/mol. The van der Waals surface area contributed by atoms with Gasteiger partial charge >= 0.3 is 0 Å². The summed E-state index contributed by atoms with van der Waals surface area (Å²) in [6, 6.07) is 9.04. The number of methoxy groups -OCH3 is 1. The van der Waals surface area contributed by atoms with Crippen molar-refractivity contribution in [2.75, 3.05) is 7.11 Å². The molecule has 0 saturated carbocycles. The first kappa shape index (κ1) is 10.7. The van der Waals surface area contributed by atoms with Gasteiger partial charge in [0, 0.05) is 0 Å². The molecule has 1 aromatic carbocycles. The SMILES string of the molecule is COc1ncc(-c2ccc(C(C)C)cc2)[nH]1. The van der Waals surface area contributed by atoms with Gasteiger partial charge in [-0.25, -0.2) is 4.98 Å². The van der Waals surface area contributed by atoms with E-state index in [0.717, 1.165) is 11.3 Å². The number of hydrogen-bond acceptors (Lipinski definition) is 2. The van der Waals surface area contributed by atoms with Gasteiger partial charge in [-0.15, -0.1) is 0 Å². The highest BCUT2D eigenvalue weighted by Crippen LogP contribution is 2.22. The van der Waals surface area contributed by atoms with Crippen LogP contribution in [0.2, 0.25) is 0 Å². The van der Waals surface area contributed by atoms with E-state index in [1.54, 1.807) is 13.3 Å². The number of nitrogens with zero attached hydrogens (tertiary/aromatic N) is 1. The second kappa shape index (κ2) is 4.39. The lowest BCUT2D eigenvalue weighted by atomic mass is 10.0. The maximum atomic E-state index is 5.01. The molecule has 84 valence electrons. The van der Waals surface area contributed by atoms with Gasteiger partial charge in [-0.2, -0.15) is 0 Å². The maximum absolute atomic E-state index is 5.01. The lowest BCUT2D eigenvalue weighted by Gasteiger charge is -2.05. The molecular formula is C13H16N2O. The summed E-state index contributed by atoms with van der Waals surface area (Å²) in [6.07, 6.45) is 1.78. The molecule has 0 aliphatic rings. The summed E-state index contributed by atoms with van der Waals surface area (Å²) >= 11 is 0. The van der Waals surface area contributed by atoms with Crippen molar-refractivity contribution in [1.82, 2.24) is 9.97 Å². The lowest BCUT2D eigenvalue weighted by molar-refractivity contribution is 0.384. The number of hydrogen-bond donors (Lipinski definition) is 1. The van der Waals surface area contributed by atoms with Crippen molar-refractivity contribution in [3.05, 3.63) is 36.0 Å². The van der Waals surface area contributed by atoms with Gasteiger partial charge in [0.1, 0.15) is 0 Å². The van der Waals surface area contributed by atoms with Gasteiger partial charge in [0.2, 0.25) is 0 Å². The number of benzene rings is 1. The molecule has 2 rings (SSSR count). The van der Waals surface area contributed by atoms with Crippen molar-refractivity contribution in [1.29, 1.82) is 0 Å². The van der Waals surface area contributed by atoms with Gasteiger partial charge in [-0.1, -0.05) is 38.1 Å². The summed E-state index contributed by atoms with van der Waals surface area (Å²) in [4.78, 5) is 7.19. The standard InChI is InChI=1S/C13H16N2O/c1-9(2)10-4-6-11(7-5-10)12-8-14-13(15-12)16-3/h4-9H,1-3H3,(H,14,15). The number of nitrogens with one attached hydrogen (secondary N) is 1. The Kier molecular flexibility index (Phi) is 2.95. The Hall–Kier alpha value is -1.77. The first-order chi connectivity index (χ1) is 7.70. The van der Waals surface area contributed by atoms with Crippen LogP contribution >= 0.6 is 0 Å². The number of imidazole rings is 1. The lowest BCUT2D eigenvalue weighted by Crippen LogP contribution is -1.87. The molecule has 1 aromatic heterocycles. The van der Waals surface area contributed by atoms with Gasteiger partial charge < -0.3 is 9.72 Å². The van der Waals surface area contributed by atoms with E-state index in [0.29, 0.717) is 11.9 Å². The van der Waals surface area contributed by atoms with Crippen LogP contribution in [-0.2, 0) is 0 Å². The molecular weight excluding hydrogens is 200 g/mol. The van der Waals surface area contributed by atoms with E-state index in [4.69, 9.17) is 4.74 Å². The average Bonchev–Trinajstić information content (AvgIpc) is 2.77. The van der Waals surface area contributed by atoms with Crippen molar-refractivity contribution >= 4 is 0 Å². The molecule has 3 heteroatoms. The summed E-state index contributed by atoms with van der Waals surface area (Å²) in [6.45, 7) is 4.38. The minimum atomic E-state index is 0.544. The van der Waals surface area contributed by atoms with Crippen molar-refractivity contribution in [2.45, 2.75) is 19.8 Å². The largest absolute Gasteiger partial charge is 0.468 e. The summed E-state index contributed by atoms with van der Waals surface area (Å²) in [7, 11) is 1.60. The van der Waals surface area contributed by atoms with Crippen LogP contribution in [0.25, 0.3) is 11.3 Å². The molecule has 1 N–H and O–H groups in total. The van der Waals surface area contributed by atoms with Crippen molar-refractivity contribution in [2.24, 2.45) is 0 Å². The topological polar surface area (TPSA) is 37.9 Å². The second-order valence-corrected chi connectivity index (χ2v) is 4.08. The van der Waals surface area contributed by atoms with E-state index in [2.05, 4.69) is 48.1 Å². The van der Waals surface area contributed by atoms with E-state index in [1.807, 2.05) is 0 Å². The van der Waals surface area contributed by atoms with E-state index in [1.165, 1.54) is 5.56 Å². The van der Waals surface area contributed by atoms with Crippen LogP contribution in [-0.4, -0.2) is 17.1 Å². The van der Waals surface area contributed by atoms with Gasteiger partial charge in [-0.05, 0) is 17.0 Å². The fourth-order valence-electron chi connectivity index (χ4n) is 1.60. The fourth-order valence-corrected chi connectivity index (χ4v) is 1.60. The van der Waals surface area contributed by atoms with Gasteiger partial charge in [0.15, 0.2) is 0 Å². The van der Waals surface area contributed by atoms with Crippen LogP contribution in [0.4, 0.5) is 0 Å². The number of ether oxygens (including phenoxy) is 1. The molecule has 2 aromatic rings. The summed E-state index contributed by atoms with van der Waals surface area (Å²) in [5.41, 5.74) is 3.45. The highest BCUT2D eigenvalue weighted by Gasteiger charge is 2.04. The Balaban J connectivity index is 2.27. The number of H-pyrrole nitrogens is 1. The first-order valence-electron chi connectivity index (χ1n) is 5.40. The number of aromatic nitrogens is 2. The minimum Gasteiger partial charge on any atom is -0.468 e. The molecule has 0 aliphatic heterocycles. The predicted molar refractivity (Wildman–Crippen MR) is 64.7 cm³/mol. The van der Waals surface area contributed by atoms with E-state index >= 15 is 0 Å². The van der Waals surface area contributed by atoms with Crippen LogP contribution in [0, 0.1) is 0 Å². The molecule has 0 amide bonds. The number of aromatic amines is 1. The fraction of sp³-hybridized carbons (Fsp3) is 0.308. The Morgan fingerprint density at radius 3 is 2.38 bits per heavy atom. The van der Waals surface area contributed by atoms with Crippen molar-refractivity contribution in [3.8, 4) is 17.3 Å². The molecule has 0 unspecified atom stereocenters. The minimum absolute atomic E-state index is 0.544. The first-order valence-corrected chi connectivity index (χ1v) is 5.40. The van der Waals surface area contributed by atoms with E-state index in [9.17, 15) is 0 Å². The molecule has 0 spiro atoms. The quantitative estimate of drug-likeness (QED) is 0.855. The highest BCUT2D eigenvalue weighted by molar-refractivity contribution is 5.59. The Bertz CT molecular complexity index is 457. The van der Waals surface area contributed by atoms with Crippen LogP contribution < -0.4 is 4.74 Å². The smallest absolute Gasteiger partial charge is 0.293 e. The second-order valence-electron chi connectivity index (χ2n) is 4.08. The normalized spacial score (nSPS) is 10.8. The van der Waals surface area contributed by atoms with E-state index < -0.39 is 0 Å².